The minimum atomic E-state index is -0.678. The van der Waals surface area contributed by atoms with Crippen LogP contribution >= 0.6 is 0 Å². The van der Waals surface area contributed by atoms with Crippen molar-refractivity contribution in [1.29, 1.82) is 0 Å². The number of carbonyl (C=O) groups excluding carboxylic acids is 1. The third-order valence-electron chi connectivity index (χ3n) is 5.08. The van der Waals surface area contributed by atoms with Gasteiger partial charge in [-0.2, -0.15) is 0 Å². The summed E-state index contributed by atoms with van der Waals surface area (Å²) in [5, 5.41) is 3.88. The number of methoxy groups -OCH3 is 1. The molecule has 2 aromatic heterocycles. The summed E-state index contributed by atoms with van der Waals surface area (Å²) in [6.07, 6.45) is 1.97. The van der Waals surface area contributed by atoms with Crippen LogP contribution in [0, 0.1) is 0 Å². The number of H-pyrrole nitrogens is 1. The first kappa shape index (κ1) is 19.7. The van der Waals surface area contributed by atoms with Crippen LogP contribution in [0.5, 0.6) is 0 Å². The Morgan fingerprint density at radius 2 is 1.90 bits per heavy atom. The third kappa shape index (κ3) is 3.77. The number of fused-ring (bicyclic) bond motifs is 2. The van der Waals surface area contributed by atoms with Gasteiger partial charge >= 0.3 is 11.1 Å². The zero-order valence-corrected chi connectivity index (χ0v) is 16.6. The molecule has 8 heteroatoms. The van der Waals surface area contributed by atoms with Crippen molar-refractivity contribution in [2.75, 3.05) is 20.3 Å². The average Bonchev–Trinajstić information content (AvgIpc) is 3.17. The predicted octanol–water partition coefficient (Wildman–Crippen LogP) is 1.72. The lowest BCUT2D eigenvalue weighted by Gasteiger charge is -2.11. The molecule has 0 saturated heterocycles. The Bertz CT molecular complexity index is 1330. The molecule has 8 nitrogen and oxygen atoms in total. The number of nitrogens with one attached hydrogen (secondary N) is 2. The Morgan fingerprint density at radius 1 is 1.07 bits per heavy atom. The Balaban J connectivity index is 1.51. The highest BCUT2D eigenvalue weighted by atomic mass is 16.5. The molecule has 30 heavy (non-hydrogen) atoms. The van der Waals surface area contributed by atoms with Crippen LogP contribution in [0.1, 0.15) is 10.4 Å². The number of hydrogen-bond donors (Lipinski definition) is 2. The number of ether oxygens (including phenoxy) is 1. The van der Waals surface area contributed by atoms with Gasteiger partial charge in [-0.15, -0.1) is 0 Å². The number of nitrogens with zero attached hydrogens (tertiary/aromatic N) is 2. The number of aromatic amines is 1. The molecule has 0 saturated carbocycles. The lowest BCUT2D eigenvalue weighted by Crippen LogP contribution is -2.39. The minimum Gasteiger partial charge on any atom is -0.383 e. The van der Waals surface area contributed by atoms with Gasteiger partial charge in [0.25, 0.3) is 5.91 Å². The van der Waals surface area contributed by atoms with Crippen molar-refractivity contribution in [3.05, 3.63) is 81.0 Å². The maximum atomic E-state index is 12.6. The first-order valence-corrected chi connectivity index (χ1v) is 9.66. The van der Waals surface area contributed by atoms with Gasteiger partial charge in [-0.1, -0.05) is 18.2 Å². The van der Waals surface area contributed by atoms with Gasteiger partial charge in [0.2, 0.25) is 0 Å². The fraction of sp³-hybridized carbons (Fsp3) is 0.227. The van der Waals surface area contributed by atoms with E-state index in [1.807, 2.05) is 29.0 Å². The number of rotatable bonds is 7. The van der Waals surface area contributed by atoms with Gasteiger partial charge in [-0.05, 0) is 35.7 Å². The van der Waals surface area contributed by atoms with Gasteiger partial charge in [0.05, 0.1) is 17.6 Å². The molecule has 2 aromatic carbocycles. The summed E-state index contributed by atoms with van der Waals surface area (Å²) in [4.78, 5) is 39.4. The zero-order valence-electron chi connectivity index (χ0n) is 16.6. The van der Waals surface area contributed by atoms with Crippen LogP contribution in [0.3, 0.4) is 0 Å². The molecule has 0 bridgehead atoms. The van der Waals surface area contributed by atoms with Gasteiger partial charge in [-0.25, -0.2) is 0 Å². The highest BCUT2D eigenvalue weighted by Crippen LogP contribution is 2.18. The third-order valence-corrected chi connectivity index (χ3v) is 5.08. The standard InChI is InChI=1S/C22H22N4O4/c1-30-13-12-25-10-8-15-6-7-16(14-19(15)25)20(27)23-9-11-26-18-5-3-2-4-17(18)24-21(28)22(26)29/h2-8,10,14H,9,11-13H2,1H3,(H,23,27)(H,24,28). The molecule has 0 aliphatic heterocycles. The molecule has 0 spiro atoms. The summed E-state index contributed by atoms with van der Waals surface area (Å²) in [7, 11) is 1.65. The average molecular weight is 406 g/mol. The number of amides is 1. The van der Waals surface area contributed by atoms with Crippen molar-refractivity contribution in [2.24, 2.45) is 0 Å². The van der Waals surface area contributed by atoms with E-state index in [1.165, 1.54) is 4.57 Å². The van der Waals surface area contributed by atoms with Crippen LogP contribution in [0.2, 0.25) is 0 Å². The Morgan fingerprint density at radius 3 is 2.73 bits per heavy atom. The number of hydrogen-bond acceptors (Lipinski definition) is 4. The number of para-hydroxylation sites is 2. The van der Waals surface area contributed by atoms with Crippen LogP contribution in [-0.2, 0) is 17.8 Å². The van der Waals surface area contributed by atoms with Crippen molar-refractivity contribution < 1.29 is 9.53 Å². The molecule has 0 fully saturated rings. The number of benzene rings is 2. The highest BCUT2D eigenvalue weighted by Gasteiger charge is 2.10. The molecule has 0 atom stereocenters. The van der Waals surface area contributed by atoms with E-state index in [4.69, 9.17) is 4.74 Å². The van der Waals surface area contributed by atoms with Gasteiger partial charge in [0.15, 0.2) is 0 Å². The fourth-order valence-electron chi connectivity index (χ4n) is 3.54. The van der Waals surface area contributed by atoms with Gasteiger partial charge in [0.1, 0.15) is 0 Å². The molecule has 0 unspecified atom stereocenters. The predicted molar refractivity (Wildman–Crippen MR) is 115 cm³/mol. The normalized spacial score (nSPS) is 11.2. The molecular weight excluding hydrogens is 384 g/mol. The van der Waals surface area contributed by atoms with Crippen LogP contribution in [0.4, 0.5) is 0 Å². The summed E-state index contributed by atoms with van der Waals surface area (Å²) in [6.45, 7) is 1.69. The van der Waals surface area contributed by atoms with Crippen molar-refractivity contribution in [3.8, 4) is 0 Å². The lowest BCUT2D eigenvalue weighted by molar-refractivity contribution is 0.0952. The second kappa shape index (κ2) is 8.38. The van der Waals surface area contributed by atoms with Crippen molar-refractivity contribution in [3.63, 3.8) is 0 Å². The first-order chi connectivity index (χ1) is 14.6. The molecule has 4 aromatic rings. The fourth-order valence-corrected chi connectivity index (χ4v) is 3.54. The van der Waals surface area contributed by atoms with Crippen molar-refractivity contribution >= 4 is 27.8 Å². The second-order valence-electron chi connectivity index (χ2n) is 6.96. The maximum absolute atomic E-state index is 12.6. The highest BCUT2D eigenvalue weighted by molar-refractivity contribution is 5.98. The van der Waals surface area contributed by atoms with Crippen LogP contribution in [-0.4, -0.2) is 40.3 Å². The van der Waals surface area contributed by atoms with Gasteiger partial charge in [0, 0.05) is 44.0 Å². The maximum Gasteiger partial charge on any atom is 0.316 e. The topological polar surface area (TPSA) is 98.1 Å². The van der Waals surface area contributed by atoms with E-state index in [0.717, 1.165) is 10.9 Å². The molecular formula is C22H22N4O4. The second-order valence-corrected chi connectivity index (χ2v) is 6.96. The smallest absolute Gasteiger partial charge is 0.316 e. The molecule has 0 aliphatic rings. The summed E-state index contributed by atoms with van der Waals surface area (Å²) >= 11 is 0. The minimum absolute atomic E-state index is 0.196. The summed E-state index contributed by atoms with van der Waals surface area (Å²) < 4.78 is 8.55. The van der Waals surface area contributed by atoms with E-state index < -0.39 is 11.1 Å². The number of aromatic nitrogens is 3. The summed E-state index contributed by atoms with van der Waals surface area (Å²) in [5.41, 5.74) is 1.37. The largest absolute Gasteiger partial charge is 0.383 e. The van der Waals surface area contributed by atoms with Crippen molar-refractivity contribution in [1.82, 2.24) is 19.4 Å². The first-order valence-electron chi connectivity index (χ1n) is 9.66. The molecule has 154 valence electrons. The Hall–Kier alpha value is -3.65. The molecule has 2 N–H and O–H groups in total. The Labute approximate surface area is 171 Å². The van der Waals surface area contributed by atoms with E-state index in [9.17, 15) is 14.4 Å². The van der Waals surface area contributed by atoms with E-state index >= 15 is 0 Å². The molecule has 2 heterocycles. The zero-order chi connectivity index (χ0) is 21.1. The quantitative estimate of drug-likeness (QED) is 0.457. The van der Waals surface area contributed by atoms with Gasteiger partial charge < -0.3 is 24.2 Å². The molecule has 1 amide bonds. The van der Waals surface area contributed by atoms with E-state index in [1.54, 1.807) is 37.4 Å². The van der Waals surface area contributed by atoms with Gasteiger partial charge in [-0.3, -0.25) is 14.4 Å². The summed E-state index contributed by atoms with van der Waals surface area (Å²) in [5.74, 6) is -0.237. The SMILES string of the molecule is COCCn1ccc2ccc(C(=O)NCCn3c(=O)c(=O)[nH]c4ccccc43)cc21. The molecule has 4 rings (SSSR count). The lowest BCUT2D eigenvalue weighted by atomic mass is 10.1. The van der Waals surface area contributed by atoms with Crippen LogP contribution in [0.25, 0.3) is 21.9 Å². The van der Waals surface area contributed by atoms with Crippen LogP contribution < -0.4 is 16.4 Å². The molecule has 0 radical (unpaired) electrons. The van der Waals surface area contributed by atoms with E-state index in [-0.39, 0.29) is 19.0 Å². The van der Waals surface area contributed by atoms with Crippen molar-refractivity contribution in [2.45, 2.75) is 13.1 Å². The summed E-state index contributed by atoms with van der Waals surface area (Å²) in [6, 6.07) is 14.6. The monoisotopic (exact) mass is 406 g/mol. The van der Waals surface area contributed by atoms with Crippen LogP contribution in [0.15, 0.2) is 64.3 Å². The number of carbonyl (C=O) groups is 1. The van der Waals surface area contributed by atoms with E-state index in [2.05, 4.69) is 10.3 Å². The van der Waals surface area contributed by atoms with E-state index in [0.29, 0.717) is 29.7 Å². The molecule has 0 aliphatic carbocycles. The Kier molecular flexibility index (Phi) is 5.49.